The van der Waals surface area contributed by atoms with E-state index >= 15 is 0 Å². The average Bonchev–Trinajstić information content (AvgIpc) is 2.59. The molecule has 2 aliphatic rings. The van der Waals surface area contributed by atoms with Gasteiger partial charge in [-0.1, -0.05) is 13.3 Å². The molecule has 0 aromatic heterocycles. The highest BCUT2D eigenvalue weighted by Crippen LogP contribution is 2.31. The Kier molecular flexibility index (Phi) is 3.29. The third kappa shape index (κ3) is 2.51. The highest BCUT2D eigenvalue weighted by atomic mass is 16.2. The lowest BCUT2D eigenvalue weighted by atomic mass is 10.0. The third-order valence-electron chi connectivity index (χ3n) is 3.85. The Hall–Kier alpha value is -0.570. The first-order valence-electron chi connectivity index (χ1n) is 6.21. The van der Waals surface area contributed by atoms with E-state index in [0.29, 0.717) is 0 Å². The van der Waals surface area contributed by atoms with Gasteiger partial charge in [-0.3, -0.25) is 4.79 Å². The van der Waals surface area contributed by atoms with Crippen LogP contribution in [0.5, 0.6) is 0 Å². The van der Waals surface area contributed by atoms with Crippen LogP contribution in [0.2, 0.25) is 0 Å². The molecule has 1 saturated heterocycles. The van der Waals surface area contributed by atoms with Crippen LogP contribution in [0.4, 0.5) is 0 Å². The molecule has 2 fully saturated rings. The van der Waals surface area contributed by atoms with Crippen molar-refractivity contribution in [1.82, 2.24) is 4.90 Å². The minimum atomic E-state index is -0.224. The largest absolute Gasteiger partial charge is 0.341 e. The molecular formula is C12H22N2O. The molecule has 1 aliphatic heterocycles. The summed E-state index contributed by atoms with van der Waals surface area (Å²) in [5.41, 5.74) is 5.78. The maximum Gasteiger partial charge on any atom is 0.239 e. The number of hydrogen-bond donors (Lipinski definition) is 1. The summed E-state index contributed by atoms with van der Waals surface area (Å²) >= 11 is 0. The predicted molar refractivity (Wildman–Crippen MR) is 60.3 cm³/mol. The zero-order valence-electron chi connectivity index (χ0n) is 9.61. The Balaban J connectivity index is 1.85. The van der Waals surface area contributed by atoms with E-state index in [-0.39, 0.29) is 11.9 Å². The summed E-state index contributed by atoms with van der Waals surface area (Å²) in [5, 5.41) is 0. The van der Waals surface area contributed by atoms with E-state index in [0.717, 1.165) is 37.8 Å². The van der Waals surface area contributed by atoms with E-state index in [1.807, 2.05) is 4.90 Å². The van der Waals surface area contributed by atoms with Crippen molar-refractivity contribution in [3.05, 3.63) is 0 Å². The maximum atomic E-state index is 11.8. The fourth-order valence-electron chi connectivity index (χ4n) is 2.95. The van der Waals surface area contributed by atoms with Gasteiger partial charge in [0.25, 0.3) is 0 Å². The lowest BCUT2D eigenvalue weighted by Gasteiger charge is -2.32. The van der Waals surface area contributed by atoms with Gasteiger partial charge >= 0.3 is 0 Å². The van der Waals surface area contributed by atoms with E-state index in [4.69, 9.17) is 5.73 Å². The van der Waals surface area contributed by atoms with Crippen molar-refractivity contribution < 1.29 is 4.79 Å². The van der Waals surface area contributed by atoms with Crippen molar-refractivity contribution in [3.63, 3.8) is 0 Å². The van der Waals surface area contributed by atoms with Crippen molar-refractivity contribution in [2.45, 2.75) is 45.1 Å². The number of piperidine rings is 1. The van der Waals surface area contributed by atoms with Gasteiger partial charge in [0.2, 0.25) is 5.91 Å². The molecule has 1 amide bonds. The molecule has 0 spiro atoms. The van der Waals surface area contributed by atoms with Crippen LogP contribution in [0.1, 0.15) is 39.0 Å². The van der Waals surface area contributed by atoms with Gasteiger partial charge in [0.1, 0.15) is 0 Å². The lowest BCUT2D eigenvalue weighted by Crippen LogP contribution is -2.49. The molecule has 15 heavy (non-hydrogen) atoms. The first-order valence-corrected chi connectivity index (χ1v) is 6.21. The van der Waals surface area contributed by atoms with Gasteiger partial charge in [0.15, 0.2) is 0 Å². The molecule has 3 unspecified atom stereocenters. The van der Waals surface area contributed by atoms with Gasteiger partial charge in [-0.15, -0.1) is 0 Å². The molecule has 2 rings (SSSR count). The van der Waals surface area contributed by atoms with Crippen molar-refractivity contribution >= 4 is 5.91 Å². The zero-order valence-corrected chi connectivity index (χ0v) is 9.61. The van der Waals surface area contributed by atoms with E-state index < -0.39 is 0 Å². The molecule has 3 atom stereocenters. The number of hydrogen-bond acceptors (Lipinski definition) is 2. The third-order valence-corrected chi connectivity index (χ3v) is 3.85. The quantitative estimate of drug-likeness (QED) is 0.748. The molecule has 1 heterocycles. The first kappa shape index (κ1) is 10.9. The molecule has 2 N–H and O–H groups in total. The second-order valence-corrected chi connectivity index (χ2v) is 5.32. The second-order valence-electron chi connectivity index (χ2n) is 5.32. The molecule has 3 heteroatoms. The number of nitrogens with two attached hydrogens (primary N) is 1. The van der Waals surface area contributed by atoms with Gasteiger partial charge in [0.05, 0.1) is 6.04 Å². The lowest BCUT2D eigenvalue weighted by molar-refractivity contribution is -0.135. The summed E-state index contributed by atoms with van der Waals surface area (Å²) in [7, 11) is 0. The van der Waals surface area contributed by atoms with E-state index in [2.05, 4.69) is 6.92 Å². The monoisotopic (exact) mass is 210 g/mol. The summed E-state index contributed by atoms with van der Waals surface area (Å²) in [5.74, 6) is 1.76. The number of rotatable bonds is 2. The summed E-state index contributed by atoms with van der Waals surface area (Å²) in [6.07, 6.45) is 5.86. The van der Waals surface area contributed by atoms with Crippen LogP contribution in [0.3, 0.4) is 0 Å². The molecule has 0 bridgehead atoms. The summed E-state index contributed by atoms with van der Waals surface area (Å²) in [6, 6.07) is -0.224. The standard InChI is InChI=1S/C12H22N2O/c1-9-4-5-10(7-9)8-14-6-2-3-11(13)12(14)15/h9-11H,2-8,13H2,1H3. The van der Waals surface area contributed by atoms with Crippen LogP contribution in [0.25, 0.3) is 0 Å². The van der Waals surface area contributed by atoms with E-state index in [1.54, 1.807) is 0 Å². The summed E-state index contributed by atoms with van der Waals surface area (Å²) in [6.45, 7) is 4.19. The van der Waals surface area contributed by atoms with Crippen molar-refractivity contribution in [3.8, 4) is 0 Å². The number of amides is 1. The molecule has 1 saturated carbocycles. The fraction of sp³-hybridized carbons (Fsp3) is 0.917. The van der Waals surface area contributed by atoms with Crippen LogP contribution in [0.15, 0.2) is 0 Å². The van der Waals surface area contributed by atoms with Crippen LogP contribution >= 0.6 is 0 Å². The highest BCUT2D eigenvalue weighted by Gasteiger charge is 2.29. The molecule has 0 aromatic rings. The Morgan fingerprint density at radius 3 is 2.87 bits per heavy atom. The Morgan fingerprint density at radius 2 is 2.20 bits per heavy atom. The average molecular weight is 210 g/mol. The fourth-order valence-corrected chi connectivity index (χ4v) is 2.95. The molecular weight excluding hydrogens is 188 g/mol. The van der Waals surface area contributed by atoms with Crippen LogP contribution in [-0.4, -0.2) is 29.9 Å². The van der Waals surface area contributed by atoms with Gasteiger partial charge < -0.3 is 10.6 Å². The van der Waals surface area contributed by atoms with E-state index in [9.17, 15) is 4.79 Å². The molecule has 0 radical (unpaired) electrons. The molecule has 0 aromatic carbocycles. The zero-order chi connectivity index (χ0) is 10.8. The van der Waals surface area contributed by atoms with Gasteiger partial charge in [0, 0.05) is 13.1 Å². The minimum Gasteiger partial charge on any atom is -0.341 e. The normalized spacial score (nSPS) is 37.3. The van der Waals surface area contributed by atoms with Crippen molar-refractivity contribution in [2.24, 2.45) is 17.6 Å². The van der Waals surface area contributed by atoms with Crippen molar-refractivity contribution in [2.75, 3.05) is 13.1 Å². The number of carbonyl (C=O) groups excluding carboxylic acids is 1. The number of carbonyl (C=O) groups is 1. The second kappa shape index (κ2) is 4.52. The maximum absolute atomic E-state index is 11.8. The topological polar surface area (TPSA) is 46.3 Å². The van der Waals surface area contributed by atoms with Crippen LogP contribution in [0, 0.1) is 11.8 Å². The van der Waals surface area contributed by atoms with Crippen LogP contribution < -0.4 is 5.73 Å². The number of nitrogens with zero attached hydrogens (tertiary/aromatic N) is 1. The predicted octanol–water partition coefficient (Wildman–Crippen LogP) is 1.37. The smallest absolute Gasteiger partial charge is 0.239 e. The minimum absolute atomic E-state index is 0.181. The Bertz CT molecular complexity index is 242. The van der Waals surface area contributed by atoms with Gasteiger partial charge in [-0.25, -0.2) is 0 Å². The van der Waals surface area contributed by atoms with Gasteiger partial charge in [-0.2, -0.15) is 0 Å². The SMILES string of the molecule is CC1CCC(CN2CCCC(N)C2=O)C1. The summed E-state index contributed by atoms with van der Waals surface area (Å²) in [4.78, 5) is 13.8. The van der Waals surface area contributed by atoms with E-state index in [1.165, 1.54) is 19.3 Å². The first-order chi connectivity index (χ1) is 7.16. The molecule has 86 valence electrons. The number of likely N-dealkylation sites (tertiary alicyclic amines) is 1. The Labute approximate surface area is 92.0 Å². The van der Waals surface area contributed by atoms with Crippen molar-refractivity contribution in [1.29, 1.82) is 0 Å². The van der Waals surface area contributed by atoms with Crippen LogP contribution in [-0.2, 0) is 4.79 Å². The molecule has 3 nitrogen and oxygen atoms in total. The molecule has 1 aliphatic carbocycles. The highest BCUT2D eigenvalue weighted by molar-refractivity contribution is 5.82. The summed E-state index contributed by atoms with van der Waals surface area (Å²) < 4.78 is 0. The Morgan fingerprint density at radius 1 is 1.40 bits per heavy atom. The van der Waals surface area contributed by atoms with Gasteiger partial charge in [-0.05, 0) is 37.5 Å².